The zero-order valence-electron chi connectivity index (χ0n) is 11.4. The number of carbonyl (C=O) groups is 1. The van der Waals surface area contributed by atoms with E-state index in [0.717, 1.165) is 12.1 Å². The van der Waals surface area contributed by atoms with Gasteiger partial charge >= 0.3 is 5.97 Å². The van der Waals surface area contributed by atoms with E-state index < -0.39 is 50.1 Å². The van der Waals surface area contributed by atoms with Gasteiger partial charge in [0, 0.05) is 0 Å². The highest BCUT2D eigenvalue weighted by molar-refractivity contribution is 7.91. The van der Waals surface area contributed by atoms with Crippen molar-refractivity contribution in [3.05, 3.63) is 29.8 Å². The first kappa shape index (κ1) is 16.6. The first-order valence-corrected chi connectivity index (χ1v) is 7.56. The first-order valence-electron chi connectivity index (χ1n) is 5.91. The summed E-state index contributed by atoms with van der Waals surface area (Å²) in [6.45, 7) is 4.93. The van der Waals surface area contributed by atoms with Crippen molar-refractivity contribution in [2.75, 3.05) is 5.75 Å². The van der Waals surface area contributed by atoms with Crippen molar-refractivity contribution >= 4 is 15.8 Å². The molecular formula is C13H16F2O4S. The molecule has 0 amide bonds. The minimum Gasteiger partial charge on any atom is -0.460 e. The van der Waals surface area contributed by atoms with Crippen LogP contribution in [0.4, 0.5) is 8.78 Å². The summed E-state index contributed by atoms with van der Waals surface area (Å²) >= 11 is 0. The summed E-state index contributed by atoms with van der Waals surface area (Å²) in [5, 5.41) is 0. The predicted octanol–water partition coefficient (Wildman–Crippen LogP) is 2.47. The van der Waals surface area contributed by atoms with Crippen LogP contribution in [0.2, 0.25) is 0 Å². The normalized spacial score (nSPS) is 12.2. The van der Waals surface area contributed by atoms with E-state index in [1.165, 1.54) is 0 Å². The third-order valence-electron chi connectivity index (χ3n) is 2.22. The van der Waals surface area contributed by atoms with Gasteiger partial charge in [-0.3, -0.25) is 4.79 Å². The van der Waals surface area contributed by atoms with Crippen molar-refractivity contribution in [3.63, 3.8) is 0 Å². The summed E-state index contributed by atoms with van der Waals surface area (Å²) in [6, 6.07) is 2.15. The molecule has 20 heavy (non-hydrogen) atoms. The first-order chi connectivity index (χ1) is 9.01. The van der Waals surface area contributed by atoms with Gasteiger partial charge in [-0.2, -0.15) is 0 Å². The minimum absolute atomic E-state index is 0.421. The Labute approximate surface area is 116 Å². The molecule has 0 bridgehead atoms. The van der Waals surface area contributed by atoms with Gasteiger partial charge in [0.15, 0.2) is 9.84 Å². The van der Waals surface area contributed by atoms with Gasteiger partial charge < -0.3 is 4.74 Å². The van der Waals surface area contributed by atoms with Crippen LogP contribution in [-0.2, 0) is 19.4 Å². The number of benzene rings is 1. The largest absolute Gasteiger partial charge is 0.460 e. The molecule has 7 heteroatoms. The summed E-state index contributed by atoms with van der Waals surface area (Å²) in [5.74, 6) is -3.25. The van der Waals surface area contributed by atoms with Crippen LogP contribution in [0.25, 0.3) is 0 Å². The van der Waals surface area contributed by atoms with Gasteiger partial charge in [-0.1, -0.05) is 0 Å². The summed E-state index contributed by atoms with van der Waals surface area (Å²) in [5.41, 5.74) is -0.731. The smallest absolute Gasteiger partial charge is 0.307 e. The molecule has 0 heterocycles. The second-order valence-electron chi connectivity index (χ2n) is 5.23. The quantitative estimate of drug-likeness (QED) is 0.802. The van der Waals surface area contributed by atoms with E-state index in [1.54, 1.807) is 20.8 Å². The SMILES string of the molecule is CC(C)(C)OC(=O)CCS(=O)(=O)c1cc(F)ccc1F. The van der Waals surface area contributed by atoms with Crippen LogP contribution in [0.5, 0.6) is 0 Å². The molecule has 0 radical (unpaired) electrons. The maximum atomic E-state index is 13.4. The standard InChI is InChI=1S/C13H16F2O4S/c1-13(2,3)19-12(16)6-7-20(17,18)11-8-9(14)4-5-10(11)15/h4-5,8H,6-7H2,1-3H3. The number of hydrogen-bond acceptors (Lipinski definition) is 4. The lowest BCUT2D eigenvalue weighted by atomic mass is 10.2. The van der Waals surface area contributed by atoms with Gasteiger partial charge in [-0.15, -0.1) is 0 Å². The van der Waals surface area contributed by atoms with Crippen molar-refractivity contribution in [1.82, 2.24) is 0 Å². The van der Waals surface area contributed by atoms with Crippen molar-refractivity contribution < 1.29 is 26.7 Å². The van der Waals surface area contributed by atoms with Gasteiger partial charge in [-0.05, 0) is 39.0 Å². The minimum atomic E-state index is -4.08. The molecule has 0 aromatic heterocycles. The topological polar surface area (TPSA) is 60.4 Å². The maximum absolute atomic E-state index is 13.4. The molecule has 0 aliphatic carbocycles. The maximum Gasteiger partial charge on any atom is 0.307 e. The van der Waals surface area contributed by atoms with Crippen LogP contribution in [0.3, 0.4) is 0 Å². The Hall–Kier alpha value is -1.50. The number of rotatable bonds is 4. The molecule has 0 unspecified atom stereocenters. The summed E-state index contributed by atoms with van der Waals surface area (Å²) in [4.78, 5) is 10.7. The van der Waals surface area contributed by atoms with E-state index in [-0.39, 0.29) is 0 Å². The fraction of sp³-hybridized carbons (Fsp3) is 0.462. The third-order valence-corrected chi connectivity index (χ3v) is 3.95. The van der Waals surface area contributed by atoms with Crippen LogP contribution in [-0.4, -0.2) is 25.7 Å². The van der Waals surface area contributed by atoms with Gasteiger partial charge in [0.25, 0.3) is 0 Å². The zero-order valence-corrected chi connectivity index (χ0v) is 12.3. The van der Waals surface area contributed by atoms with E-state index in [9.17, 15) is 22.0 Å². The van der Waals surface area contributed by atoms with Crippen molar-refractivity contribution in [3.8, 4) is 0 Å². The van der Waals surface area contributed by atoms with Crippen LogP contribution >= 0.6 is 0 Å². The molecule has 0 fully saturated rings. The van der Waals surface area contributed by atoms with Crippen molar-refractivity contribution in [2.45, 2.75) is 37.7 Å². The molecular weight excluding hydrogens is 290 g/mol. The van der Waals surface area contributed by atoms with E-state index in [4.69, 9.17) is 4.74 Å². The lowest BCUT2D eigenvalue weighted by Crippen LogP contribution is -2.25. The lowest BCUT2D eigenvalue weighted by Gasteiger charge is -2.19. The van der Waals surface area contributed by atoms with Gasteiger partial charge in [-0.25, -0.2) is 17.2 Å². The van der Waals surface area contributed by atoms with Crippen LogP contribution in [0.1, 0.15) is 27.2 Å². The van der Waals surface area contributed by atoms with Gasteiger partial charge in [0.05, 0.1) is 12.2 Å². The molecule has 112 valence electrons. The van der Waals surface area contributed by atoms with Gasteiger partial charge in [0.1, 0.15) is 22.1 Å². The Bertz CT molecular complexity index is 603. The monoisotopic (exact) mass is 306 g/mol. The van der Waals surface area contributed by atoms with E-state index in [2.05, 4.69) is 0 Å². The number of hydrogen-bond donors (Lipinski definition) is 0. The number of halogens is 2. The summed E-state index contributed by atoms with van der Waals surface area (Å²) in [6.07, 6.45) is -0.421. The number of esters is 1. The molecule has 4 nitrogen and oxygen atoms in total. The predicted molar refractivity (Wildman–Crippen MR) is 68.9 cm³/mol. The Kier molecular flexibility index (Phi) is 4.86. The van der Waals surface area contributed by atoms with Crippen LogP contribution < -0.4 is 0 Å². The number of sulfone groups is 1. The summed E-state index contributed by atoms with van der Waals surface area (Å²) in [7, 11) is -4.08. The zero-order chi connectivity index (χ0) is 15.6. The molecule has 1 aromatic rings. The van der Waals surface area contributed by atoms with Crippen LogP contribution in [0.15, 0.2) is 23.1 Å². The summed E-state index contributed by atoms with van der Waals surface area (Å²) < 4.78 is 55.0. The Morgan fingerprint density at radius 3 is 2.40 bits per heavy atom. The van der Waals surface area contributed by atoms with E-state index >= 15 is 0 Å². The second-order valence-corrected chi connectivity index (χ2v) is 7.31. The fourth-order valence-corrected chi connectivity index (χ4v) is 2.75. The number of ether oxygens (including phenoxy) is 1. The molecule has 0 saturated carbocycles. The highest BCUT2D eigenvalue weighted by Crippen LogP contribution is 2.18. The van der Waals surface area contributed by atoms with Crippen molar-refractivity contribution in [2.24, 2.45) is 0 Å². The number of carbonyl (C=O) groups excluding carboxylic acids is 1. The molecule has 0 N–H and O–H groups in total. The fourth-order valence-electron chi connectivity index (χ4n) is 1.44. The lowest BCUT2D eigenvalue weighted by molar-refractivity contribution is -0.154. The highest BCUT2D eigenvalue weighted by atomic mass is 32.2. The second kappa shape index (κ2) is 5.87. The molecule has 0 aliphatic heterocycles. The average Bonchev–Trinajstić information content (AvgIpc) is 2.27. The Morgan fingerprint density at radius 1 is 1.25 bits per heavy atom. The molecule has 0 spiro atoms. The van der Waals surface area contributed by atoms with E-state index in [1.807, 2.05) is 0 Å². The average molecular weight is 306 g/mol. The molecule has 0 aliphatic rings. The van der Waals surface area contributed by atoms with Gasteiger partial charge in [0.2, 0.25) is 0 Å². The van der Waals surface area contributed by atoms with Crippen molar-refractivity contribution in [1.29, 1.82) is 0 Å². The molecule has 1 rings (SSSR count). The Balaban J connectivity index is 2.81. The molecule has 0 saturated heterocycles. The van der Waals surface area contributed by atoms with Crippen LogP contribution in [0, 0.1) is 11.6 Å². The third kappa shape index (κ3) is 4.88. The molecule has 1 aromatic carbocycles. The highest BCUT2D eigenvalue weighted by Gasteiger charge is 2.23. The van der Waals surface area contributed by atoms with E-state index in [0.29, 0.717) is 6.07 Å². The Morgan fingerprint density at radius 2 is 1.85 bits per heavy atom. The molecule has 0 atom stereocenters.